The first-order valence-corrected chi connectivity index (χ1v) is 8.01. The number of nitrogens with zero attached hydrogens (tertiary/aromatic N) is 2. The Labute approximate surface area is 126 Å². The summed E-state index contributed by atoms with van der Waals surface area (Å²) in [6.07, 6.45) is 0. The molecule has 4 heteroatoms. The third-order valence-electron chi connectivity index (χ3n) is 3.67. The predicted molar refractivity (Wildman–Crippen MR) is 84.9 cm³/mol. The van der Waals surface area contributed by atoms with Crippen LogP contribution in [0.25, 0.3) is 0 Å². The van der Waals surface area contributed by atoms with Crippen LogP contribution < -0.4 is 0 Å². The fourth-order valence-electron chi connectivity index (χ4n) is 2.47. The van der Waals surface area contributed by atoms with Gasteiger partial charge in [0.05, 0.1) is 0 Å². The maximum absolute atomic E-state index is 8.70. The lowest BCUT2D eigenvalue weighted by atomic mass is 10.1. The highest BCUT2D eigenvalue weighted by Gasteiger charge is 2.25. The first kappa shape index (κ1) is 15.5. The van der Waals surface area contributed by atoms with E-state index in [1.54, 1.807) is 11.3 Å². The second kappa shape index (κ2) is 6.73. The van der Waals surface area contributed by atoms with Crippen molar-refractivity contribution in [2.24, 2.45) is 0 Å². The van der Waals surface area contributed by atoms with Crippen LogP contribution in [0.15, 0.2) is 11.4 Å². The fraction of sp³-hybridized carbons (Fsp3) is 0.625. The molecule has 2 rings (SSSR count). The van der Waals surface area contributed by atoms with Crippen LogP contribution in [0.5, 0.6) is 0 Å². The summed E-state index contributed by atoms with van der Waals surface area (Å²) < 4.78 is 0. The molecule has 0 unspecified atom stereocenters. The lowest BCUT2D eigenvalue weighted by Crippen LogP contribution is -2.53. The van der Waals surface area contributed by atoms with Crippen molar-refractivity contribution in [2.45, 2.75) is 32.9 Å². The van der Waals surface area contributed by atoms with E-state index in [1.807, 2.05) is 0 Å². The average Bonchev–Trinajstić information content (AvgIpc) is 2.83. The van der Waals surface area contributed by atoms with Crippen molar-refractivity contribution in [2.75, 3.05) is 32.8 Å². The van der Waals surface area contributed by atoms with Crippen molar-refractivity contribution in [3.8, 4) is 11.8 Å². The van der Waals surface area contributed by atoms with Crippen LogP contribution in [0.2, 0.25) is 0 Å². The number of rotatable bonds is 2. The molecule has 1 aliphatic rings. The minimum atomic E-state index is -0.0695. The molecule has 0 atom stereocenters. The first-order chi connectivity index (χ1) is 9.49. The van der Waals surface area contributed by atoms with Gasteiger partial charge in [-0.3, -0.25) is 9.80 Å². The Morgan fingerprint density at radius 3 is 2.55 bits per heavy atom. The first-order valence-electron chi connectivity index (χ1n) is 7.13. The molecule has 2 heterocycles. The molecule has 1 aromatic rings. The molecule has 0 saturated carbocycles. The normalized spacial score (nSPS) is 17.8. The average molecular weight is 292 g/mol. The molecule has 0 radical (unpaired) electrons. The summed E-state index contributed by atoms with van der Waals surface area (Å²) >= 11 is 1.76. The standard InChI is InChI=1S/C16H24N2OS/c1-16(2,3)18-8-6-17(7-9-18)12-15-11-14(13-20-15)5-4-10-19/h11,13,19H,6-10,12H2,1-3H3. The molecule has 1 aromatic heterocycles. The Morgan fingerprint density at radius 2 is 1.95 bits per heavy atom. The monoisotopic (exact) mass is 292 g/mol. The number of hydrogen-bond acceptors (Lipinski definition) is 4. The summed E-state index contributed by atoms with van der Waals surface area (Å²) in [5, 5.41) is 10.8. The van der Waals surface area contributed by atoms with E-state index in [0.717, 1.165) is 38.3 Å². The zero-order valence-electron chi connectivity index (χ0n) is 12.6. The van der Waals surface area contributed by atoms with E-state index in [4.69, 9.17) is 5.11 Å². The lowest BCUT2D eigenvalue weighted by Gasteiger charge is -2.42. The molecule has 0 bridgehead atoms. The van der Waals surface area contributed by atoms with Gasteiger partial charge in [0.1, 0.15) is 6.61 Å². The lowest BCUT2D eigenvalue weighted by molar-refractivity contribution is 0.0595. The topological polar surface area (TPSA) is 26.7 Å². The highest BCUT2D eigenvalue weighted by molar-refractivity contribution is 7.10. The zero-order valence-corrected chi connectivity index (χ0v) is 13.5. The van der Waals surface area contributed by atoms with Crippen LogP contribution in [0.1, 0.15) is 31.2 Å². The Morgan fingerprint density at radius 1 is 1.25 bits per heavy atom. The van der Waals surface area contributed by atoms with Gasteiger partial charge in [-0.15, -0.1) is 11.3 Å². The maximum atomic E-state index is 8.70. The van der Waals surface area contributed by atoms with Gasteiger partial charge in [0.2, 0.25) is 0 Å². The van der Waals surface area contributed by atoms with Gasteiger partial charge >= 0.3 is 0 Å². The van der Waals surface area contributed by atoms with E-state index in [9.17, 15) is 0 Å². The molecule has 0 aliphatic carbocycles. The van der Waals surface area contributed by atoms with Gasteiger partial charge < -0.3 is 5.11 Å². The van der Waals surface area contributed by atoms with Crippen LogP contribution in [0.4, 0.5) is 0 Å². The summed E-state index contributed by atoms with van der Waals surface area (Å²) in [4.78, 5) is 6.42. The van der Waals surface area contributed by atoms with E-state index in [1.165, 1.54) is 4.88 Å². The van der Waals surface area contributed by atoms with Gasteiger partial charge in [-0.05, 0) is 26.8 Å². The van der Waals surface area contributed by atoms with Gasteiger partial charge in [-0.2, -0.15) is 0 Å². The molecular formula is C16H24N2OS. The Bertz CT molecular complexity index is 485. The van der Waals surface area contributed by atoms with E-state index in [0.29, 0.717) is 0 Å². The molecule has 20 heavy (non-hydrogen) atoms. The van der Waals surface area contributed by atoms with Crippen molar-refractivity contribution >= 4 is 11.3 Å². The third kappa shape index (κ3) is 4.32. The molecule has 0 amide bonds. The smallest absolute Gasteiger partial charge is 0.104 e. The van der Waals surface area contributed by atoms with Gasteiger partial charge in [0.15, 0.2) is 0 Å². The van der Waals surface area contributed by atoms with Gasteiger partial charge in [-0.25, -0.2) is 0 Å². The van der Waals surface area contributed by atoms with Crippen LogP contribution >= 0.6 is 11.3 Å². The molecule has 3 nitrogen and oxygen atoms in total. The van der Waals surface area contributed by atoms with Gasteiger partial charge in [0, 0.05) is 54.1 Å². The quantitative estimate of drug-likeness (QED) is 0.845. The van der Waals surface area contributed by atoms with E-state index < -0.39 is 0 Å². The second-order valence-corrected chi connectivity index (χ2v) is 7.19. The largest absolute Gasteiger partial charge is 0.384 e. The summed E-state index contributed by atoms with van der Waals surface area (Å²) in [5.74, 6) is 5.66. The van der Waals surface area contributed by atoms with Crippen LogP contribution in [0, 0.1) is 11.8 Å². The number of thiophene rings is 1. The van der Waals surface area contributed by atoms with Crippen LogP contribution in [-0.4, -0.2) is 53.2 Å². The predicted octanol–water partition coefficient (Wildman–Crippen LogP) is 2.01. The van der Waals surface area contributed by atoms with E-state index in [2.05, 4.69) is 53.9 Å². The van der Waals surface area contributed by atoms with Crippen molar-refractivity contribution in [3.63, 3.8) is 0 Å². The summed E-state index contributed by atoms with van der Waals surface area (Å²) in [6.45, 7) is 12.4. The molecule has 1 aliphatic heterocycles. The summed E-state index contributed by atoms with van der Waals surface area (Å²) in [7, 11) is 0. The minimum absolute atomic E-state index is 0.0695. The summed E-state index contributed by atoms with van der Waals surface area (Å²) in [5.41, 5.74) is 1.30. The Hall–Kier alpha value is -0.860. The Kier molecular flexibility index (Phi) is 5.22. The number of aliphatic hydroxyl groups is 1. The Balaban J connectivity index is 1.85. The van der Waals surface area contributed by atoms with Gasteiger partial charge in [0.25, 0.3) is 0 Å². The second-order valence-electron chi connectivity index (χ2n) is 6.20. The number of piperazine rings is 1. The zero-order chi connectivity index (χ0) is 14.6. The molecule has 1 saturated heterocycles. The number of aliphatic hydroxyl groups excluding tert-OH is 1. The summed E-state index contributed by atoms with van der Waals surface area (Å²) in [6, 6.07) is 2.14. The molecule has 110 valence electrons. The van der Waals surface area contributed by atoms with Crippen molar-refractivity contribution in [3.05, 3.63) is 21.9 Å². The van der Waals surface area contributed by atoms with Crippen molar-refractivity contribution in [1.29, 1.82) is 0 Å². The number of hydrogen-bond donors (Lipinski definition) is 1. The molecule has 0 aromatic carbocycles. The van der Waals surface area contributed by atoms with Crippen LogP contribution in [0.3, 0.4) is 0 Å². The fourth-order valence-corrected chi connectivity index (χ4v) is 3.33. The van der Waals surface area contributed by atoms with Crippen molar-refractivity contribution in [1.82, 2.24) is 9.80 Å². The third-order valence-corrected chi connectivity index (χ3v) is 4.59. The SMILES string of the molecule is CC(C)(C)N1CCN(Cc2cc(C#CCO)cs2)CC1. The van der Waals surface area contributed by atoms with E-state index >= 15 is 0 Å². The highest BCUT2D eigenvalue weighted by Crippen LogP contribution is 2.20. The maximum Gasteiger partial charge on any atom is 0.104 e. The molecule has 0 spiro atoms. The minimum Gasteiger partial charge on any atom is -0.384 e. The molecule has 1 N–H and O–H groups in total. The van der Waals surface area contributed by atoms with E-state index in [-0.39, 0.29) is 12.1 Å². The highest BCUT2D eigenvalue weighted by atomic mass is 32.1. The van der Waals surface area contributed by atoms with Gasteiger partial charge in [-0.1, -0.05) is 11.8 Å². The van der Waals surface area contributed by atoms with Crippen LogP contribution in [-0.2, 0) is 6.54 Å². The molecular weight excluding hydrogens is 268 g/mol. The van der Waals surface area contributed by atoms with Crippen molar-refractivity contribution < 1.29 is 5.11 Å². The molecule has 1 fully saturated rings.